The van der Waals surface area contributed by atoms with Gasteiger partial charge in [-0.15, -0.1) is 11.3 Å². The molecule has 1 aliphatic heterocycles. The van der Waals surface area contributed by atoms with Crippen LogP contribution in [0.4, 0.5) is 5.13 Å². The Balaban J connectivity index is 1.48. The minimum absolute atomic E-state index is 0.178. The number of fused-ring (bicyclic) bond motifs is 2. The van der Waals surface area contributed by atoms with Crippen molar-refractivity contribution in [3.63, 3.8) is 0 Å². The van der Waals surface area contributed by atoms with Crippen LogP contribution < -0.4 is 10.9 Å². The molecule has 1 N–H and O–H groups in total. The molecule has 0 aliphatic carbocycles. The lowest BCUT2D eigenvalue weighted by Crippen LogP contribution is -2.27. The Bertz CT molecular complexity index is 1270. The van der Waals surface area contributed by atoms with Crippen molar-refractivity contribution in [2.24, 2.45) is 0 Å². The van der Waals surface area contributed by atoms with Gasteiger partial charge in [-0.1, -0.05) is 23.4 Å². The Morgan fingerprint density at radius 2 is 2.14 bits per heavy atom. The van der Waals surface area contributed by atoms with Gasteiger partial charge in [0.1, 0.15) is 5.39 Å². The van der Waals surface area contributed by atoms with Crippen molar-refractivity contribution >= 4 is 56.8 Å². The molecule has 4 aromatic rings. The minimum Gasteiger partial charge on any atom is -0.302 e. The van der Waals surface area contributed by atoms with Crippen molar-refractivity contribution in [1.82, 2.24) is 24.3 Å². The molecule has 0 fully saturated rings. The van der Waals surface area contributed by atoms with E-state index in [2.05, 4.69) is 20.4 Å². The summed E-state index contributed by atoms with van der Waals surface area (Å²) >= 11 is 8.77. The number of anilines is 1. The summed E-state index contributed by atoms with van der Waals surface area (Å²) < 4.78 is 3.22. The van der Waals surface area contributed by atoms with Crippen molar-refractivity contribution in [1.29, 1.82) is 0 Å². The first-order chi connectivity index (χ1) is 14.1. The molecule has 1 aliphatic rings. The molecule has 29 heavy (non-hydrogen) atoms. The van der Waals surface area contributed by atoms with Gasteiger partial charge in [-0.3, -0.25) is 14.2 Å². The zero-order valence-electron chi connectivity index (χ0n) is 14.8. The third-order valence-corrected chi connectivity index (χ3v) is 6.58. The van der Waals surface area contributed by atoms with Gasteiger partial charge < -0.3 is 5.32 Å². The van der Waals surface area contributed by atoms with Crippen molar-refractivity contribution < 1.29 is 4.79 Å². The largest absolute Gasteiger partial charge is 0.302 e. The third kappa shape index (κ3) is 3.33. The van der Waals surface area contributed by atoms with E-state index in [1.54, 1.807) is 33.0 Å². The molecule has 146 valence electrons. The highest BCUT2D eigenvalue weighted by atomic mass is 35.5. The van der Waals surface area contributed by atoms with Crippen LogP contribution in [0.5, 0.6) is 0 Å². The molecule has 1 unspecified atom stereocenters. The SMILES string of the molecule is O=C(CC1CSc2nc3c(cnn3-c3ccc(Cl)cc3)c(=O)n21)Nc1nccs1. The van der Waals surface area contributed by atoms with E-state index in [1.807, 2.05) is 12.1 Å². The molecule has 5 rings (SSSR count). The van der Waals surface area contributed by atoms with E-state index in [1.165, 1.54) is 29.3 Å². The Labute approximate surface area is 177 Å². The van der Waals surface area contributed by atoms with Crippen molar-refractivity contribution in [2.75, 3.05) is 11.1 Å². The molecule has 0 saturated carbocycles. The predicted octanol–water partition coefficient (Wildman–Crippen LogP) is 3.37. The number of carbonyl (C=O) groups excluding carboxylic acids is 1. The van der Waals surface area contributed by atoms with Crippen LogP contribution in [-0.2, 0) is 4.79 Å². The summed E-state index contributed by atoms with van der Waals surface area (Å²) in [6, 6.07) is 6.89. The van der Waals surface area contributed by atoms with Crippen LogP contribution >= 0.6 is 34.7 Å². The second-order valence-electron chi connectivity index (χ2n) is 6.39. The van der Waals surface area contributed by atoms with Crippen LogP contribution in [0, 0.1) is 0 Å². The van der Waals surface area contributed by atoms with E-state index >= 15 is 0 Å². The summed E-state index contributed by atoms with van der Waals surface area (Å²) in [6.07, 6.45) is 3.32. The lowest BCUT2D eigenvalue weighted by atomic mass is 10.2. The lowest BCUT2D eigenvalue weighted by molar-refractivity contribution is -0.116. The standard InChI is InChI=1S/C18H13ClN6O2S2/c19-10-1-3-11(4-2-10)25-15-13(8-21-25)16(27)24-12(9-29-18(24)23-15)7-14(26)22-17-20-5-6-28-17/h1-6,8,12H,7,9H2,(H,20,22,26). The molecular formula is C18H13ClN6O2S2. The van der Waals surface area contributed by atoms with Gasteiger partial charge in [0, 0.05) is 28.8 Å². The fourth-order valence-electron chi connectivity index (χ4n) is 3.22. The van der Waals surface area contributed by atoms with Gasteiger partial charge in [-0.2, -0.15) is 5.10 Å². The molecule has 0 radical (unpaired) electrons. The highest BCUT2D eigenvalue weighted by Gasteiger charge is 2.29. The fraction of sp³-hybridized carbons (Fsp3) is 0.167. The first kappa shape index (κ1) is 18.3. The molecular weight excluding hydrogens is 432 g/mol. The van der Waals surface area contributed by atoms with Crippen LogP contribution in [0.25, 0.3) is 16.7 Å². The number of amides is 1. The second-order valence-corrected chi connectivity index (χ2v) is 8.71. The maximum absolute atomic E-state index is 13.1. The monoisotopic (exact) mass is 444 g/mol. The molecule has 0 spiro atoms. The van der Waals surface area contributed by atoms with Crippen molar-refractivity contribution in [3.05, 3.63) is 57.4 Å². The van der Waals surface area contributed by atoms with Crippen molar-refractivity contribution in [3.8, 4) is 5.69 Å². The molecule has 1 atom stereocenters. The van der Waals surface area contributed by atoms with Crippen LogP contribution in [-0.4, -0.2) is 36.0 Å². The van der Waals surface area contributed by atoms with Gasteiger partial charge in [0.05, 0.1) is 17.9 Å². The predicted molar refractivity (Wildman–Crippen MR) is 113 cm³/mol. The molecule has 11 heteroatoms. The van der Waals surface area contributed by atoms with E-state index in [-0.39, 0.29) is 23.9 Å². The topological polar surface area (TPSA) is 94.7 Å². The van der Waals surface area contributed by atoms with E-state index < -0.39 is 0 Å². The van der Waals surface area contributed by atoms with Crippen LogP contribution in [0.1, 0.15) is 12.5 Å². The zero-order chi connectivity index (χ0) is 20.0. The number of thiazole rings is 1. The van der Waals surface area contributed by atoms with E-state index in [9.17, 15) is 9.59 Å². The van der Waals surface area contributed by atoms with E-state index in [0.29, 0.717) is 32.1 Å². The van der Waals surface area contributed by atoms with Crippen molar-refractivity contribution in [2.45, 2.75) is 17.6 Å². The average molecular weight is 445 g/mol. The van der Waals surface area contributed by atoms with Crippen LogP contribution in [0.3, 0.4) is 0 Å². The van der Waals surface area contributed by atoms with E-state index in [0.717, 1.165) is 5.69 Å². The summed E-state index contributed by atoms with van der Waals surface area (Å²) in [5.41, 5.74) is 1.06. The highest BCUT2D eigenvalue weighted by Crippen LogP contribution is 2.33. The van der Waals surface area contributed by atoms with Crippen LogP contribution in [0.2, 0.25) is 5.02 Å². The number of hydrogen-bond acceptors (Lipinski definition) is 7. The highest BCUT2D eigenvalue weighted by molar-refractivity contribution is 7.99. The number of carbonyl (C=O) groups is 1. The number of aromatic nitrogens is 5. The Kier molecular flexibility index (Phi) is 4.61. The number of hydrogen-bond donors (Lipinski definition) is 1. The zero-order valence-corrected chi connectivity index (χ0v) is 17.2. The Hall–Kier alpha value is -2.69. The Morgan fingerprint density at radius 3 is 2.90 bits per heavy atom. The van der Waals surface area contributed by atoms with Gasteiger partial charge >= 0.3 is 0 Å². The molecule has 0 saturated heterocycles. The number of nitrogens with one attached hydrogen (secondary N) is 1. The Morgan fingerprint density at radius 1 is 1.31 bits per heavy atom. The number of halogens is 1. The van der Waals surface area contributed by atoms with Gasteiger partial charge in [-0.25, -0.2) is 14.6 Å². The van der Waals surface area contributed by atoms with Crippen LogP contribution in [0.15, 0.2) is 52.0 Å². The van der Waals surface area contributed by atoms with Gasteiger partial charge in [-0.05, 0) is 24.3 Å². The van der Waals surface area contributed by atoms with Gasteiger partial charge in [0.15, 0.2) is 15.9 Å². The summed E-state index contributed by atoms with van der Waals surface area (Å²) in [5.74, 6) is 0.427. The molecule has 8 nitrogen and oxygen atoms in total. The normalized spacial score (nSPS) is 15.6. The summed E-state index contributed by atoms with van der Waals surface area (Å²) in [4.78, 5) is 34.2. The molecule has 0 bridgehead atoms. The first-order valence-corrected chi connectivity index (χ1v) is 10.9. The second kappa shape index (κ2) is 7.29. The summed E-state index contributed by atoms with van der Waals surface area (Å²) in [6.45, 7) is 0. The maximum Gasteiger partial charge on any atom is 0.265 e. The smallest absolute Gasteiger partial charge is 0.265 e. The fourth-order valence-corrected chi connectivity index (χ4v) is 5.02. The number of benzene rings is 1. The molecule has 1 aromatic carbocycles. The van der Waals surface area contributed by atoms with E-state index in [4.69, 9.17) is 11.6 Å². The quantitative estimate of drug-likeness (QED) is 0.485. The number of rotatable bonds is 4. The average Bonchev–Trinajstić information content (AvgIpc) is 3.43. The molecule has 4 heterocycles. The number of nitrogens with zero attached hydrogens (tertiary/aromatic N) is 5. The molecule has 1 amide bonds. The lowest BCUT2D eigenvalue weighted by Gasteiger charge is -2.12. The van der Waals surface area contributed by atoms with Gasteiger partial charge in [0.25, 0.3) is 5.56 Å². The van der Waals surface area contributed by atoms with Gasteiger partial charge in [0.2, 0.25) is 5.91 Å². The summed E-state index contributed by atoms with van der Waals surface area (Å²) in [7, 11) is 0. The maximum atomic E-state index is 13.1. The molecule has 3 aromatic heterocycles. The summed E-state index contributed by atoms with van der Waals surface area (Å²) in [5, 5.41) is 11.1. The number of thioether (sulfide) groups is 1. The third-order valence-electron chi connectivity index (χ3n) is 4.54. The minimum atomic E-state index is -0.266. The first-order valence-electron chi connectivity index (χ1n) is 8.68.